The number of rotatable bonds is 4. The molecule has 4 aliphatic rings. The molecule has 2 fully saturated rings. The largest absolute Gasteiger partial charge is 0.393 e. The lowest BCUT2D eigenvalue weighted by atomic mass is 9.46. The minimum atomic E-state index is -0.121. The Kier molecular flexibility index (Phi) is 5.87. The number of aliphatic hydroxyl groups is 1. The minimum absolute atomic E-state index is 0.0595. The molecule has 0 aromatic heterocycles. The summed E-state index contributed by atoms with van der Waals surface area (Å²) in [6.07, 6.45) is 15.3. The van der Waals surface area contributed by atoms with Gasteiger partial charge >= 0.3 is 0 Å². The second-order valence-electron chi connectivity index (χ2n) is 13.0. The molecule has 1 N–H and O–H groups in total. The maximum Gasteiger partial charge on any atom is 0.0594 e. The zero-order valence-corrected chi connectivity index (χ0v) is 21.0. The Hall–Kier alpha value is -0.560. The van der Waals surface area contributed by atoms with Gasteiger partial charge < -0.3 is 5.11 Å². The molecule has 0 amide bonds. The molecule has 0 radical (unpaired) electrons. The van der Waals surface area contributed by atoms with E-state index in [2.05, 4.69) is 54.5 Å². The third-order valence-corrected chi connectivity index (χ3v) is 10.8. The summed E-state index contributed by atoms with van der Waals surface area (Å²) < 4.78 is 0. The fourth-order valence-corrected chi connectivity index (χ4v) is 9.10. The van der Waals surface area contributed by atoms with E-state index in [4.69, 9.17) is 0 Å². The van der Waals surface area contributed by atoms with Crippen LogP contribution in [0, 0.1) is 39.9 Å². The van der Waals surface area contributed by atoms with Crippen molar-refractivity contribution in [1.82, 2.24) is 0 Å². The van der Waals surface area contributed by atoms with Gasteiger partial charge in [0, 0.05) is 0 Å². The Bertz CT molecular complexity index is 723. The Labute approximate surface area is 186 Å². The Morgan fingerprint density at radius 2 is 1.77 bits per heavy atom. The van der Waals surface area contributed by atoms with Gasteiger partial charge in [-0.25, -0.2) is 0 Å². The second-order valence-corrected chi connectivity index (χ2v) is 13.0. The van der Waals surface area contributed by atoms with Crippen LogP contribution in [0.4, 0.5) is 0 Å². The third-order valence-electron chi connectivity index (χ3n) is 10.8. The Morgan fingerprint density at radius 3 is 2.47 bits per heavy atom. The first-order chi connectivity index (χ1) is 14.0. The monoisotopic (exact) mass is 412 g/mol. The highest BCUT2D eigenvalue weighted by Gasteiger charge is 2.59. The summed E-state index contributed by atoms with van der Waals surface area (Å²) in [5.74, 6) is 3.23. The molecule has 30 heavy (non-hydrogen) atoms. The highest BCUT2D eigenvalue weighted by atomic mass is 16.3. The van der Waals surface area contributed by atoms with Gasteiger partial charge in [0.25, 0.3) is 0 Å². The number of allylic oxidation sites excluding steroid dienone is 4. The van der Waals surface area contributed by atoms with Crippen LogP contribution in [-0.4, -0.2) is 11.2 Å². The van der Waals surface area contributed by atoms with Crippen LogP contribution in [0.1, 0.15) is 113 Å². The number of hydrogen-bond donors (Lipinski definition) is 1. The Morgan fingerprint density at radius 1 is 1.03 bits per heavy atom. The zero-order chi connectivity index (χ0) is 21.9. The van der Waals surface area contributed by atoms with Crippen LogP contribution < -0.4 is 0 Å². The summed E-state index contributed by atoms with van der Waals surface area (Å²) in [6, 6.07) is 0. The number of hydrogen-bond acceptors (Lipinski definition) is 1. The quantitative estimate of drug-likeness (QED) is 0.462. The van der Waals surface area contributed by atoms with Crippen molar-refractivity contribution in [3.8, 4) is 0 Å². The van der Waals surface area contributed by atoms with E-state index in [0.29, 0.717) is 16.7 Å². The topological polar surface area (TPSA) is 20.2 Å². The van der Waals surface area contributed by atoms with Crippen LogP contribution in [0.5, 0.6) is 0 Å². The van der Waals surface area contributed by atoms with E-state index < -0.39 is 0 Å². The SMILES string of the molecule is CC(C)=CCC[C@@H](C)[C@H]1CC[C@H]2C3=C(CC[C@]12C)[C@@]1(C)CC[C@@H](O)C(C)(C)C1CC3. The van der Waals surface area contributed by atoms with E-state index >= 15 is 0 Å². The molecule has 0 aromatic carbocycles. The van der Waals surface area contributed by atoms with Crippen molar-refractivity contribution in [2.75, 3.05) is 0 Å². The molecule has 2 saturated carbocycles. The first-order valence-corrected chi connectivity index (χ1v) is 13.1. The lowest BCUT2D eigenvalue weighted by molar-refractivity contribution is -0.0931. The smallest absolute Gasteiger partial charge is 0.0594 e. The standard InChI is InChI=1S/C29H48O/c1-19(2)9-8-10-20(3)22-12-13-23-21-11-14-25-27(4,5)26(30)16-18-29(25,7)24(21)15-17-28(22,23)6/h9,20,22-23,25-26,30H,8,10-18H2,1-7H3/t20-,22-,23+,25?,26-,28-,29-/m1/s1. The fraction of sp³-hybridized carbons (Fsp3) is 0.862. The van der Waals surface area contributed by atoms with E-state index in [9.17, 15) is 5.11 Å². The van der Waals surface area contributed by atoms with Gasteiger partial charge in [-0.1, -0.05) is 57.4 Å². The van der Waals surface area contributed by atoms with Gasteiger partial charge in [0.2, 0.25) is 0 Å². The molecular formula is C29H48O. The third kappa shape index (κ3) is 3.37. The molecule has 1 heteroatoms. The highest BCUT2D eigenvalue weighted by Crippen LogP contribution is 2.68. The van der Waals surface area contributed by atoms with Crippen LogP contribution in [0.2, 0.25) is 0 Å². The molecule has 0 bridgehead atoms. The first-order valence-electron chi connectivity index (χ1n) is 13.1. The molecule has 0 saturated heterocycles. The normalized spacial score (nSPS) is 43.5. The van der Waals surface area contributed by atoms with Crippen molar-refractivity contribution in [3.05, 3.63) is 22.8 Å². The maximum absolute atomic E-state index is 10.8. The number of aliphatic hydroxyl groups excluding tert-OH is 1. The predicted molar refractivity (Wildman–Crippen MR) is 128 cm³/mol. The van der Waals surface area contributed by atoms with Crippen molar-refractivity contribution in [2.24, 2.45) is 39.9 Å². The maximum atomic E-state index is 10.8. The van der Waals surface area contributed by atoms with Gasteiger partial charge in [0.1, 0.15) is 0 Å². The molecule has 0 aliphatic heterocycles. The molecule has 0 aromatic rings. The fourth-order valence-electron chi connectivity index (χ4n) is 9.10. The summed E-state index contributed by atoms with van der Waals surface area (Å²) in [5, 5.41) is 10.8. The average molecular weight is 413 g/mol. The molecule has 1 unspecified atom stereocenters. The van der Waals surface area contributed by atoms with Gasteiger partial charge in [-0.05, 0) is 118 Å². The van der Waals surface area contributed by atoms with E-state index in [1.54, 1.807) is 0 Å². The molecule has 0 spiro atoms. The van der Waals surface area contributed by atoms with Crippen molar-refractivity contribution < 1.29 is 5.11 Å². The molecule has 4 aliphatic carbocycles. The van der Waals surface area contributed by atoms with E-state index in [1.807, 2.05) is 11.1 Å². The molecule has 1 nitrogen and oxygen atoms in total. The number of fused-ring (bicyclic) bond motifs is 4. The van der Waals surface area contributed by atoms with E-state index in [1.165, 1.54) is 63.4 Å². The lowest BCUT2D eigenvalue weighted by Crippen LogP contribution is -2.53. The zero-order valence-electron chi connectivity index (χ0n) is 21.0. The van der Waals surface area contributed by atoms with Gasteiger partial charge in [0.15, 0.2) is 0 Å². The highest BCUT2D eigenvalue weighted by molar-refractivity contribution is 5.35. The van der Waals surface area contributed by atoms with Crippen LogP contribution >= 0.6 is 0 Å². The summed E-state index contributed by atoms with van der Waals surface area (Å²) >= 11 is 0. The predicted octanol–water partition coefficient (Wildman–Crippen LogP) is 8.09. The molecule has 4 rings (SSSR count). The van der Waals surface area contributed by atoms with Gasteiger partial charge in [-0.3, -0.25) is 0 Å². The average Bonchev–Trinajstić information content (AvgIpc) is 3.02. The summed E-state index contributed by atoms with van der Waals surface area (Å²) in [5.41, 5.74) is 6.15. The van der Waals surface area contributed by atoms with Crippen LogP contribution in [0.25, 0.3) is 0 Å². The van der Waals surface area contributed by atoms with E-state index in [-0.39, 0.29) is 11.5 Å². The molecule has 7 atom stereocenters. The van der Waals surface area contributed by atoms with Gasteiger partial charge in [0.05, 0.1) is 6.10 Å². The minimum Gasteiger partial charge on any atom is -0.393 e. The second kappa shape index (κ2) is 7.79. The molecule has 170 valence electrons. The van der Waals surface area contributed by atoms with Crippen LogP contribution in [0.3, 0.4) is 0 Å². The van der Waals surface area contributed by atoms with Crippen LogP contribution in [0.15, 0.2) is 22.8 Å². The Balaban J connectivity index is 1.59. The summed E-state index contributed by atoms with van der Waals surface area (Å²) in [7, 11) is 0. The van der Waals surface area contributed by atoms with Gasteiger partial charge in [-0.15, -0.1) is 0 Å². The van der Waals surface area contributed by atoms with Crippen molar-refractivity contribution in [2.45, 2.75) is 119 Å². The summed E-state index contributed by atoms with van der Waals surface area (Å²) in [4.78, 5) is 0. The van der Waals surface area contributed by atoms with E-state index in [0.717, 1.165) is 24.2 Å². The van der Waals surface area contributed by atoms with Gasteiger partial charge in [-0.2, -0.15) is 0 Å². The molecule has 0 heterocycles. The van der Waals surface area contributed by atoms with Crippen molar-refractivity contribution in [3.63, 3.8) is 0 Å². The molecular weight excluding hydrogens is 364 g/mol. The lowest BCUT2D eigenvalue weighted by Gasteiger charge is -2.60. The summed E-state index contributed by atoms with van der Waals surface area (Å²) in [6.45, 7) is 16.9. The van der Waals surface area contributed by atoms with Crippen molar-refractivity contribution in [1.29, 1.82) is 0 Å². The first kappa shape index (κ1) is 22.6. The van der Waals surface area contributed by atoms with Crippen LogP contribution in [-0.2, 0) is 0 Å². The van der Waals surface area contributed by atoms with Crippen molar-refractivity contribution >= 4 is 0 Å².